The highest BCUT2D eigenvalue weighted by molar-refractivity contribution is 7.48. The second-order valence-electron chi connectivity index (χ2n) is 3.87. The third-order valence-electron chi connectivity index (χ3n) is 2.55. The first-order valence-corrected chi connectivity index (χ1v) is 7.78. The molecule has 0 bridgehead atoms. The minimum Gasteiger partial charge on any atom is -0.342 e. The Labute approximate surface area is 108 Å². The number of aromatic nitrogens is 2. The van der Waals surface area contributed by atoms with Crippen LogP contribution in [0.15, 0.2) is 30.6 Å². The molecule has 1 N–H and O–H groups in total. The Balaban J connectivity index is 1.91. The number of rotatable bonds is 2. The molecule has 1 fully saturated rings. The topological polar surface area (TPSA) is 99.4 Å². The van der Waals surface area contributed by atoms with Gasteiger partial charge in [-0.2, -0.15) is 0 Å². The zero-order valence-corrected chi connectivity index (χ0v) is 11.5. The molecule has 3 rings (SSSR count). The average molecular weight is 304 g/mol. The van der Waals surface area contributed by atoms with Crippen LogP contribution in [-0.4, -0.2) is 20.5 Å². The van der Waals surface area contributed by atoms with Crippen molar-refractivity contribution in [2.45, 2.75) is 12.4 Å². The molecule has 3 heterocycles. The van der Waals surface area contributed by atoms with Crippen molar-refractivity contribution in [1.29, 1.82) is 0 Å². The lowest BCUT2D eigenvalue weighted by Crippen LogP contribution is -2.36. The van der Waals surface area contributed by atoms with Gasteiger partial charge in [0.05, 0.1) is 12.1 Å². The van der Waals surface area contributed by atoms with E-state index in [-0.39, 0.29) is 6.42 Å². The normalized spacial score (nSPS) is 31.6. The van der Waals surface area contributed by atoms with Gasteiger partial charge < -0.3 is 9.51 Å². The van der Waals surface area contributed by atoms with E-state index in [1.807, 2.05) is 6.07 Å². The molecule has 0 aromatic carbocycles. The lowest BCUT2D eigenvalue weighted by atomic mass is 10.3. The van der Waals surface area contributed by atoms with Gasteiger partial charge in [0.15, 0.2) is 0 Å². The summed E-state index contributed by atoms with van der Waals surface area (Å²) in [5.74, 6) is -2.23. The molecular weight excluding hydrogens is 294 g/mol. The van der Waals surface area contributed by atoms with Crippen LogP contribution in [-0.2, 0) is 28.9 Å². The maximum absolute atomic E-state index is 11.2. The van der Waals surface area contributed by atoms with Gasteiger partial charge in [-0.15, -0.1) is 0 Å². The molecule has 2 unspecified atom stereocenters. The standard InChI is InChI=1S/C9H10N2O6P2/c12-9(15-18(13)17-19(14)16-9)5-7-6-10-8-3-1-2-4-11(7)8/h1-4,6,12,18-19H,5H2. The first-order chi connectivity index (χ1) is 9.06. The molecule has 2 aromatic rings. The molecule has 0 amide bonds. The van der Waals surface area contributed by atoms with Crippen LogP contribution in [0.4, 0.5) is 0 Å². The van der Waals surface area contributed by atoms with Crippen molar-refractivity contribution in [3.05, 3.63) is 36.3 Å². The van der Waals surface area contributed by atoms with Crippen LogP contribution in [0, 0.1) is 0 Å². The minimum absolute atomic E-state index is 0.172. The molecule has 10 heteroatoms. The maximum atomic E-state index is 11.2. The summed E-state index contributed by atoms with van der Waals surface area (Å²) in [6.07, 6.45) is 3.09. The molecule has 19 heavy (non-hydrogen) atoms. The Hall–Kier alpha value is -1.01. The monoisotopic (exact) mass is 304 g/mol. The third-order valence-corrected chi connectivity index (χ3v) is 4.86. The van der Waals surface area contributed by atoms with Crippen molar-refractivity contribution >= 4 is 22.2 Å². The van der Waals surface area contributed by atoms with Crippen molar-refractivity contribution in [1.82, 2.24) is 9.38 Å². The van der Waals surface area contributed by atoms with Crippen molar-refractivity contribution in [3.8, 4) is 0 Å². The molecule has 8 nitrogen and oxygen atoms in total. The highest BCUT2D eigenvalue weighted by Gasteiger charge is 2.40. The first kappa shape index (κ1) is 13.0. The predicted molar refractivity (Wildman–Crippen MR) is 65.1 cm³/mol. The zero-order valence-electron chi connectivity index (χ0n) is 9.48. The third kappa shape index (κ3) is 2.65. The van der Waals surface area contributed by atoms with Crippen LogP contribution in [0.25, 0.3) is 5.65 Å². The second kappa shape index (κ2) is 4.83. The number of nitrogens with zero attached hydrogens (tertiary/aromatic N) is 2. The number of pyridine rings is 1. The molecule has 0 saturated carbocycles. The highest BCUT2D eigenvalue weighted by Crippen LogP contribution is 2.51. The van der Waals surface area contributed by atoms with Crippen molar-refractivity contribution < 1.29 is 27.6 Å². The van der Waals surface area contributed by atoms with Gasteiger partial charge in [-0.1, -0.05) is 6.07 Å². The Morgan fingerprint density at radius 2 is 2.05 bits per heavy atom. The van der Waals surface area contributed by atoms with Gasteiger partial charge >= 0.3 is 16.5 Å². The Bertz CT molecular complexity index is 656. The minimum atomic E-state index is -3.02. The molecular formula is C9H10N2O6P2. The number of hydrogen-bond acceptors (Lipinski definition) is 7. The molecule has 1 aliphatic heterocycles. The van der Waals surface area contributed by atoms with Crippen molar-refractivity contribution in [2.75, 3.05) is 0 Å². The van der Waals surface area contributed by atoms with E-state index in [2.05, 4.69) is 9.29 Å². The van der Waals surface area contributed by atoms with Crippen LogP contribution in [0.2, 0.25) is 0 Å². The van der Waals surface area contributed by atoms with Gasteiger partial charge in [-0.3, -0.25) is 18.2 Å². The lowest BCUT2D eigenvalue weighted by Gasteiger charge is -2.29. The largest absolute Gasteiger partial charge is 0.342 e. The Morgan fingerprint density at radius 3 is 2.79 bits per heavy atom. The summed E-state index contributed by atoms with van der Waals surface area (Å²) < 4.78 is 37.8. The van der Waals surface area contributed by atoms with E-state index in [9.17, 15) is 14.2 Å². The Morgan fingerprint density at radius 1 is 1.32 bits per heavy atom. The summed E-state index contributed by atoms with van der Waals surface area (Å²) >= 11 is 0. The number of aliphatic hydroxyl groups is 1. The zero-order chi connectivity index (χ0) is 13.5. The van der Waals surface area contributed by atoms with Gasteiger partial charge in [-0.05, 0) is 12.1 Å². The van der Waals surface area contributed by atoms with E-state index in [0.29, 0.717) is 11.3 Å². The lowest BCUT2D eigenvalue weighted by molar-refractivity contribution is -0.279. The molecule has 0 radical (unpaired) electrons. The summed E-state index contributed by atoms with van der Waals surface area (Å²) in [7, 11) is -6.05. The molecule has 2 atom stereocenters. The summed E-state index contributed by atoms with van der Waals surface area (Å²) in [5.41, 5.74) is 1.23. The molecule has 1 aliphatic rings. The summed E-state index contributed by atoms with van der Waals surface area (Å²) in [4.78, 5) is 4.12. The molecule has 1 saturated heterocycles. The SMILES string of the molecule is O=[PH]1O[PH](=O)OC(O)(Cc2cnc3ccccn23)O1. The predicted octanol–water partition coefficient (Wildman–Crippen LogP) is 1.37. The number of imidazole rings is 1. The van der Waals surface area contributed by atoms with E-state index in [1.165, 1.54) is 6.20 Å². The van der Waals surface area contributed by atoms with Crippen LogP contribution in [0.1, 0.15) is 5.69 Å². The summed E-state index contributed by atoms with van der Waals surface area (Å²) in [5, 5.41) is 10.0. The average Bonchev–Trinajstić information content (AvgIpc) is 2.70. The van der Waals surface area contributed by atoms with E-state index < -0.39 is 22.5 Å². The van der Waals surface area contributed by atoms with E-state index >= 15 is 0 Å². The second-order valence-corrected chi connectivity index (χ2v) is 6.10. The van der Waals surface area contributed by atoms with Crippen molar-refractivity contribution in [2.24, 2.45) is 0 Å². The fourth-order valence-corrected chi connectivity index (χ4v) is 3.52. The highest BCUT2D eigenvalue weighted by atomic mass is 31.2. The fourth-order valence-electron chi connectivity index (χ4n) is 1.81. The van der Waals surface area contributed by atoms with E-state index in [4.69, 9.17) is 9.05 Å². The van der Waals surface area contributed by atoms with Crippen molar-refractivity contribution in [3.63, 3.8) is 0 Å². The summed E-state index contributed by atoms with van der Waals surface area (Å²) in [6.45, 7) is 0. The number of hydrogen-bond donors (Lipinski definition) is 1. The molecule has 102 valence electrons. The van der Waals surface area contributed by atoms with Gasteiger partial charge in [0.2, 0.25) is 0 Å². The Kier molecular flexibility index (Phi) is 3.30. The molecule has 0 spiro atoms. The quantitative estimate of drug-likeness (QED) is 0.836. The smallest absolute Gasteiger partial charge is 0.330 e. The van der Waals surface area contributed by atoms with Crippen LogP contribution in [0.5, 0.6) is 0 Å². The van der Waals surface area contributed by atoms with Gasteiger partial charge in [-0.25, -0.2) is 9.29 Å². The fraction of sp³-hybridized carbons (Fsp3) is 0.222. The van der Waals surface area contributed by atoms with E-state index in [1.54, 1.807) is 22.7 Å². The summed E-state index contributed by atoms with van der Waals surface area (Å²) in [6, 6.07) is 5.39. The van der Waals surface area contributed by atoms with Crippen LogP contribution >= 0.6 is 16.5 Å². The maximum Gasteiger partial charge on any atom is 0.330 e. The van der Waals surface area contributed by atoms with Gasteiger partial charge in [0, 0.05) is 12.4 Å². The van der Waals surface area contributed by atoms with Gasteiger partial charge in [0.25, 0.3) is 5.97 Å². The molecule has 0 aliphatic carbocycles. The first-order valence-electron chi connectivity index (χ1n) is 5.33. The van der Waals surface area contributed by atoms with Gasteiger partial charge in [0.1, 0.15) is 5.65 Å². The number of fused-ring (bicyclic) bond motifs is 1. The van der Waals surface area contributed by atoms with E-state index in [0.717, 1.165) is 0 Å². The van der Waals surface area contributed by atoms with Crippen LogP contribution < -0.4 is 0 Å². The van der Waals surface area contributed by atoms with Crippen LogP contribution in [0.3, 0.4) is 0 Å². The molecule has 2 aromatic heterocycles.